The first-order valence-corrected chi connectivity index (χ1v) is 9.04. The van der Waals surface area contributed by atoms with Crippen LogP contribution in [0.4, 0.5) is 39.3 Å². The van der Waals surface area contributed by atoms with Crippen LogP contribution in [0.2, 0.25) is 0 Å². The number of amides is 1. The molecule has 0 saturated heterocycles. The number of hydrogen-bond acceptors (Lipinski definition) is 8. The average molecular weight is 479 g/mol. The first-order valence-electron chi connectivity index (χ1n) is 9.04. The van der Waals surface area contributed by atoms with Gasteiger partial charge in [-0.2, -0.15) is 13.2 Å². The van der Waals surface area contributed by atoms with Gasteiger partial charge in [0.15, 0.2) is 23.3 Å². The summed E-state index contributed by atoms with van der Waals surface area (Å²) in [6.45, 7) is 0.110. The molecule has 15 heteroatoms. The number of carbonyl (C=O) groups is 2. The summed E-state index contributed by atoms with van der Waals surface area (Å²) in [5.41, 5.74) is 0.431. The Kier molecular flexibility index (Phi) is 8.28. The minimum atomic E-state index is -5.08. The number of alkyl halides is 3. The Morgan fingerprint density at radius 2 is 1.97 bits per heavy atom. The molecule has 0 saturated carbocycles. The zero-order valence-electron chi connectivity index (χ0n) is 16.9. The van der Waals surface area contributed by atoms with Gasteiger partial charge in [0.05, 0.1) is 6.54 Å². The third kappa shape index (κ3) is 7.41. The second kappa shape index (κ2) is 10.7. The topological polar surface area (TPSA) is 137 Å². The Morgan fingerprint density at radius 1 is 1.30 bits per heavy atom. The average Bonchev–Trinajstić information content (AvgIpc) is 2.73. The highest BCUT2D eigenvalue weighted by molar-refractivity contribution is 6.03. The lowest BCUT2D eigenvalue weighted by molar-refractivity contribution is -0.192. The van der Waals surface area contributed by atoms with Crippen LogP contribution < -0.4 is 20.3 Å². The number of rotatable bonds is 6. The number of halogens is 5. The van der Waals surface area contributed by atoms with Crippen LogP contribution in [0.1, 0.15) is 0 Å². The van der Waals surface area contributed by atoms with Gasteiger partial charge < -0.3 is 30.5 Å². The number of ether oxygens (including phenoxy) is 1. The zero-order chi connectivity index (χ0) is 24.8. The van der Waals surface area contributed by atoms with Gasteiger partial charge >= 0.3 is 12.1 Å². The highest BCUT2D eigenvalue weighted by Crippen LogP contribution is 2.31. The number of nitrogens with zero attached hydrogens (tertiary/aromatic N) is 3. The summed E-state index contributed by atoms with van der Waals surface area (Å²) in [6.07, 6.45) is -4.69. The lowest BCUT2D eigenvalue weighted by atomic mass is 10.3. The zero-order valence-corrected chi connectivity index (χ0v) is 16.9. The fourth-order valence-electron chi connectivity index (χ4n) is 2.42. The number of carboxylic acid groups (broad SMARTS) is 1. The molecule has 0 bridgehead atoms. The molecule has 0 spiro atoms. The third-order valence-corrected chi connectivity index (χ3v) is 3.92. The summed E-state index contributed by atoms with van der Waals surface area (Å²) in [5.74, 6) is -3.91. The predicted octanol–water partition coefficient (Wildman–Crippen LogP) is 1.63. The van der Waals surface area contributed by atoms with E-state index >= 15 is 0 Å². The maximum atomic E-state index is 13.1. The minimum Gasteiger partial charge on any atom is -0.491 e. The number of aliphatic carboxylic acids is 1. The molecule has 2 aromatic rings. The van der Waals surface area contributed by atoms with Gasteiger partial charge in [-0.15, -0.1) is 0 Å². The number of aromatic nitrogens is 2. The molecule has 1 aromatic heterocycles. The number of anilines is 3. The number of aliphatic hydroxyl groups excluding tert-OH is 1. The SMILES string of the molecule is CN1CC(=O)Nc2c(NCC(O)COc3ccc(F)c(F)c3)ncnc21.O=C(O)C(F)(F)F. The van der Waals surface area contributed by atoms with E-state index < -0.39 is 29.9 Å². The largest absolute Gasteiger partial charge is 0.491 e. The van der Waals surface area contributed by atoms with Crippen molar-refractivity contribution < 1.29 is 46.5 Å². The van der Waals surface area contributed by atoms with Crippen LogP contribution >= 0.6 is 0 Å². The summed E-state index contributed by atoms with van der Waals surface area (Å²) in [5, 5.41) is 22.7. The lowest BCUT2D eigenvalue weighted by Crippen LogP contribution is -2.37. The van der Waals surface area contributed by atoms with Crippen LogP contribution in [0.5, 0.6) is 5.75 Å². The van der Waals surface area contributed by atoms with Crippen molar-refractivity contribution in [2.24, 2.45) is 0 Å². The number of carbonyl (C=O) groups excluding carboxylic acids is 1. The Morgan fingerprint density at radius 3 is 2.58 bits per heavy atom. The summed E-state index contributed by atoms with van der Waals surface area (Å²) in [6, 6.07) is 3.12. The number of likely N-dealkylation sites (N-methyl/N-ethyl adjacent to an activating group) is 1. The van der Waals surface area contributed by atoms with Gasteiger partial charge in [0.1, 0.15) is 30.5 Å². The van der Waals surface area contributed by atoms with Crippen molar-refractivity contribution in [2.75, 3.05) is 42.3 Å². The van der Waals surface area contributed by atoms with E-state index in [-0.39, 0.29) is 31.4 Å². The number of fused-ring (bicyclic) bond motifs is 1. The van der Waals surface area contributed by atoms with Crippen molar-refractivity contribution in [3.63, 3.8) is 0 Å². The van der Waals surface area contributed by atoms with E-state index in [9.17, 15) is 31.9 Å². The van der Waals surface area contributed by atoms with Gasteiger partial charge in [-0.1, -0.05) is 0 Å². The van der Waals surface area contributed by atoms with Crippen LogP contribution in [0.15, 0.2) is 24.5 Å². The highest BCUT2D eigenvalue weighted by atomic mass is 19.4. The molecule has 10 nitrogen and oxygen atoms in total. The third-order valence-electron chi connectivity index (χ3n) is 3.92. The molecule has 0 aliphatic carbocycles. The fraction of sp³-hybridized carbons (Fsp3) is 0.333. The van der Waals surface area contributed by atoms with Crippen LogP contribution in [0, 0.1) is 11.6 Å². The molecule has 3 rings (SSSR count). The Balaban J connectivity index is 0.000000479. The molecular weight excluding hydrogens is 461 g/mol. The van der Waals surface area contributed by atoms with Crippen molar-refractivity contribution in [3.05, 3.63) is 36.2 Å². The molecule has 1 aliphatic rings. The van der Waals surface area contributed by atoms with E-state index in [4.69, 9.17) is 14.6 Å². The van der Waals surface area contributed by atoms with E-state index in [0.717, 1.165) is 12.1 Å². The summed E-state index contributed by atoms with van der Waals surface area (Å²) < 4.78 is 62.9. The first kappa shape index (κ1) is 25.5. The van der Waals surface area contributed by atoms with Crippen LogP contribution in [0.3, 0.4) is 0 Å². The van der Waals surface area contributed by atoms with Gasteiger partial charge in [-0.25, -0.2) is 23.5 Å². The number of hydrogen-bond donors (Lipinski definition) is 4. The minimum absolute atomic E-state index is 0.0622. The number of nitrogens with one attached hydrogen (secondary N) is 2. The van der Waals surface area contributed by atoms with E-state index in [0.29, 0.717) is 17.3 Å². The molecule has 0 fully saturated rings. The normalized spacial score (nSPS) is 13.8. The van der Waals surface area contributed by atoms with E-state index in [2.05, 4.69) is 20.6 Å². The molecule has 0 radical (unpaired) electrons. The quantitative estimate of drug-likeness (QED) is 0.456. The lowest BCUT2D eigenvalue weighted by Gasteiger charge is -2.27. The monoisotopic (exact) mass is 479 g/mol. The molecule has 1 atom stereocenters. The smallest absolute Gasteiger partial charge is 0.490 e. The van der Waals surface area contributed by atoms with Crippen LogP contribution in [0.25, 0.3) is 0 Å². The Bertz CT molecular complexity index is 1010. The number of aliphatic hydroxyl groups is 1. The van der Waals surface area contributed by atoms with E-state index in [1.54, 1.807) is 11.9 Å². The molecule has 1 amide bonds. The van der Waals surface area contributed by atoms with Crippen molar-refractivity contribution in [2.45, 2.75) is 12.3 Å². The predicted molar refractivity (Wildman–Crippen MR) is 104 cm³/mol. The molecule has 1 aromatic carbocycles. The van der Waals surface area contributed by atoms with E-state index in [1.807, 2.05) is 0 Å². The number of carboxylic acids is 1. The molecule has 180 valence electrons. The molecule has 4 N–H and O–H groups in total. The Hall–Kier alpha value is -3.75. The maximum absolute atomic E-state index is 13.1. The van der Waals surface area contributed by atoms with Gasteiger partial charge in [-0.3, -0.25) is 4.79 Å². The van der Waals surface area contributed by atoms with Crippen molar-refractivity contribution in [3.8, 4) is 5.75 Å². The molecule has 1 unspecified atom stereocenters. The van der Waals surface area contributed by atoms with Crippen LogP contribution in [-0.2, 0) is 9.59 Å². The van der Waals surface area contributed by atoms with Gasteiger partial charge in [0.2, 0.25) is 5.91 Å². The van der Waals surface area contributed by atoms with Gasteiger partial charge in [0.25, 0.3) is 0 Å². The van der Waals surface area contributed by atoms with Gasteiger partial charge in [0, 0.05) is 19.7 Å². The van der Waals surface area contributed by atoms with E-state index in [1.165, 1.54) is 12.4 Å². The molecule has 33 heavy (non-hydrogen) atoms. The number of benzene rings is 1. The Labute approximate surface area is 183 Å². The maximum Gasteiger partial charge on any atom is 0.490 e. The van der Waals surface area contributed by atoms with Crippen molar-refractivity contribution in [1.29, 1.82) is 0 Å². The van der Waals surface area contributed by atoms with Crippen LogP contribution in [-0.4, -0.2) is 71.1 Å². The summed E-state index contributed by atoms with van der Waals surface area (Å²) >= 11 is 0. The second-order valence-corrected chi connectivity index (χ2v) is 6.55. The summed E-state index contributed by atoms with van der Waals surface area (Å²) in [7, 11) is 1.73. The molecule has 2 heterocycles. The molecular formula is C18H18F5N5O5. The first-order chi connectivity index (χ1) is 15.4. The second-order valence-electron chi connectivity index (χ2n) is 6.55. The van der Waals surface area contributed by atoms with Crippen molar-refractivity contribution >= 4 is 29.2 Å². The molecule has 1 aliphatic heterocycles. The highest BCUT2D eigenvalue weighted by Gasteiger charge is 2.38. The fourth-order valence-corrected chi connectivity index (χ4v) is 2.42. The summed E-state index contributed by atoms with van der Waals surface area (Å²) in [4.78, 5) is 30.4. The van der Waals surface area contributed by atoms with Gasteiger partial charge in [-0.05, 0) is 12.1 Å². The van der Waals surface area contributed by atoms with Crippen molar-refractivity contribution in [1.82, 2.24) is 9.97 Å². The standard InChI is InChI=1S/C16H17F2N5O3.C2HF3O2/c1-23-6-13(25)22-14-15(20-8-21-16(14)23)19-5-9(24)7-26-10-2-3-11(17)12(18)4-10;3-2(4,5)1(6)7/h2-4,8-9,24H,5-7H2,1H3,(H,22,25)(H,19,20,21);(H,6,7).